The van der Waals surface area contributed by atoms with E-state index in [-0.39, 0.29) is 6.03 Å². The number of carbonyl (C=O) groups excluding carboxylic acids is 1. The van der Waals surface area contributed by atoms with Crippen molar-refractivity contribution in [3.63, 3.8) is 0 Å². The summed E-state index contributed by atoms with van der Waals surface area (Å²) in [6.45, 7) is 4.68. The minimum absolute atomic E-state index is 0.168. The maximum Gasteiger partial charge on any atom is 0.321 e. The van der Waals surface area contributed by atoms with Gasteiger partial charge in [-0.25, -0.2) is 4.79 Å². The summed E-state index contributed by atoms with van der Waals surface area (Å²) in [5, 5.41) is 12.2. The number of anilines is 1. The van der Waals surface area contributed by atoms with Gasteiger partial charge in [0.1, 0.15) is 0 Å². The zero-order chi connectivity index (χ0) is 12.7. The first kappa shape index (κ1) is 13.5. The SMILES string of the molecule is CCCN(C[C@@H](C)O)C(=O)Nc1ccccc1. The highest BCUT2D eigenvalue weighted by molar-refractivity contribution is 5.89. The molecule has 0 unspecified atom stereocenters. The molecule has 0 aliphatic rings. The highest BCUT2D eigenvalue weighted by atomic mass is 16.3. The molecule has 0 fully saturated rings. The Morgan fingerprint density at radius 3 is 2.59 bits per heavy atom. The van der Waals surface area contributed by atoms with Crippen LogP contribution in [-0.2, 0) is 0 Å². The zero-order valence-corrected chi connectivity index (χ0v) is 10.4. The third kappa shape index (κ3) is 4.87. The molecule has 2 N–H and O–H groups in total. The van der Waals surface area contributed by atoms with Crippen LogP contribution in [0.3, 0.4) is 0 Å². The van der Waals surface area contributed by atoms with E-state index in [0.717, 1.165) is 12.1 Å². The Bertz CT molecular complexity index is 339. The normalized spacial score (nSPS) is 11.9. The number of rotatable bonds is 5. The summed E-state index contributed by atoms with van der Waals surface area (Å²) in [5.41, 5.74) is 0.768. The zero-order valence-electron chi connectivity index (χ0n) is 10.4. The summed E-state index contributed by atoms with van der Waals surface area (Å²) < 4.78 is 0. The van der Waals surface area contributed by atoms with Crippen molar-refractivity contribution in [2.45, 2.75) is 26.4 Å². The van der Waals surface area contributed by atoms with E-state index in [2.05, 4.69) is 5.32 Å². The highest BCUT2D eigenvalue weighted by Gasteiger charge is 2.14. The molecule has 0 radical (unpaired) electrons. The number of aliphatic hydroxyl groups excluding tert-OH is 1. The molecule has 1 atom stereocenters. The van der Waals surface area contributed by atoms with E-state index in [1.165, 1.54) is 0 Å². The molecular weight excluding hydrogens is 216 g/mol. The number of hydrogen-bond donors (Lipinski definition) is 2. The van der Waals surface area contributed by atoms with Gasteiger partial charge in [-0.3, -0.25) is 0 Å². The van der Waals surface area contributed by atoms with Crippen molar-refractivity contribution >= 4 is 11.7 Å². The van der Waals surface area contributed by atoms with Gasteiger partial charge in [0.2, 0.25) is 0 Å². The first-order valence-corrected chi connectivity index (χ1v) is 5.92. The summed E-state index contributed by atoms with van der Waals surface area (Å²) in [7, 11) is 0. The van der Waals surface area contributed by atoms with Gasteiger partial charge in [-0.2, -0.15) is 0 Å². The van der Waals surface area contributed by atoms with Gasteiger partial charge in [0.05, 0.1) is 6.10 Å². The molecule has 0 aliphatic carbocycles. The lowest BCUT2D eigenvalue weighted by Gasteiger charge is -2.23. The predicted octanol–water partition coefficient (Wildman–Crippen LogP) is 2.31. The van der Waals surface area contributed by atoms with E-state index < -0.39 is 6.10 Å². The Hall–Kier alpha value is -1.55. The van der Waals surface area contributed by atoms with Crippen molar-refractivity contribution in [3.8, 4) is 0 Å². The van der Waals surface area contributed by atoms with Crippen LogP contribution in [0.5, 0.6) is 0 Å². The number of nitrogens with zero attached hydrogens (tertiary/aromatic N) is 1. The summed E-state index contributed by atoms with van der Waals surface area (Å²) >= 11 is 0. The van der Waals surface area contributed by atoms with E-state index in [0.29, 0.717) is 13.1 Å². The minimum Gasteiger partial charge on any atom is -0.392 e. The van der Waals surface area contributed by atoms with Crippen LogP contribution in [0.2, 0.25) is 0 Å². The number of amides is 2. The lowest BCUT2D eigenvalue weighted by Crippen LogP contribution is -2.39. The van der Waals surface area contributed by atoms with Crippen LogP contribution in [0.25, 0.3) is 0 Å². The van der Waals surface area contributed by atoms with Crippen molar-refractivity contribution in [2.75, 3.05) is 18.4 Å². The fourth-order valence-corrected chi connectivity index (χ4v) is 1.59. The minimum atomic E-state index is -0.511. The Labute approximate surface area is 102 Å². The third-order valence-corrected chi connectivity index (χ3v) is 2.29. The van der Waals surface area contributed by atoms with Gasteiger partial charge in [0.15, 0.2) is 0 Å². The van der Waals surface area contributed by atoms with Crippen LogP contribution in [0.4, 0.5) is 10.5 Å². The monoisotopic (exact) mass is 236 g/mol. The van der Waals surface area contributed by atoms with Gasteiger partial charge in [-0.1, -0.05) is 25.1 Å². The van der Waals surface area contributed by atoms with Crippen LogP contribution in [0.15, 0.2) is 30.3 Å². The first-order valence-electron chi connectivity index (χ1n) is 5.92. The van der Waals surface area contributed by atoms with Crippen LogP contribution in [0, 0.1) is 0 Å². The second kappa shape index (κ2) is 6.91. The molecule has 0 saturated carbocycles. The summed E-state index contributed by atoms with van der Waals surface area (Å²) in [6.07, 6.45) is 0.359. The second-order valence-electron chi connectivity index (χ2n) is 4.09. The molecule has 0 heterocycles. The summed E-state index contributed by atoms with van der Waals surface area (Å²) in [4.78, 5) is 13.6. The molecule has 1 rings (SSSR count). The van der Waals surface area contributed by atoms with Crippen molar-refractivity contribution in [1.82, 2.24) is 4.90 Å². The van der Waals surface area contributed by atoms with Crippen LogP contribution < -0.4 is 5.32 Å². The molecule has 0 bridgehead atoms. The number of urea groups is 1. The van der Waals surface area contributed by atoms with Crippen LogP contribution in [0.1, 0.15) is 20.3 Å². The Balaban J connectivity index is 2.59. The lowest BCUT2D eigenvalue weighted by molar-refractivity contribution is 0.138. The molecule has 4 heteroatoms. The average molecular weight is 236 g/mol. The quantitative estimate of drug-likeness (QED) is 0.824. The van der Waals surface area contributed by atoms with E-state index in [1.54, 1.807) is 11.8 Å². The second-order valence-corrected chi connectivity index (χ2v) is 4.09. The van der Waals surface area contributed by atoms with Crippen molar-refractivity contribution < 1.29 is 9.90 Å². The molecule has 0 aromatic heterocycles. The van der Waals surface area contributed by atoms with E-state index in [4.69, 9.17) is 0 Å². The van der Waals surface area contributed by atoms with Gasteiger partial charge in [-0.05, 0) is 25.5 Å². The molecule has 1 aromatic rings. The van der Waals surface area contributed by atoms with Gasteiger partial charge >= 0.3 is 6.03 Å². The first-order chi connectivity index (χ1) is 8.13. The molecular formula is C13H20N2O2. The predicted molar refractivity (Wildman–Crippen MR) is 69.0 cm³/mol. The largest absolute Gasteiger partial charge is 0.392 e. The topological polar surface area (TPSA) is 52.6 Å². The molecule has 4 nitrogen and oxygen atoms in total. The Kier molecular flexibility index (Phi) is 5.49. The molecule has 17 heavy (non-hydrogen) atoms. The van der Waals surface area contributed by atoms with Crippen molar-refractivity contribution in [2.24, 2.45) is 0 Å². The number of benzene rings is 1. The molecule has 1 aromatic carbocycles. The fourth-order valence-electron chi connectivity index (χ4n) is 1.59. The number of hydrogen-bond acceptors (Lipinski definition) is 2. The fraction of sp³-hybridized carbons (Fsp3) is 0.462. The van der Waals surface area contributed by atoms with E-state index >= 15 is 0 Å². The molecule has 0 spiro atoms. The number of carbonyl (C=O) groups is 1. The van der Waals surface area contributed by atoms with Gasteiger partial charge in [0.25, 0.3) is 0 Å². The molecule has 94 valence electrons. The number of aliphatic hydroxyl groups is 1. The number of para-hydroxylation sites is 1. The maximum atomic E-state index is 11.9. The molecule has 0 saturated heterocycles. The van der Waals surface area contributed by atoms with E-state index in [9.17, 15) is 9.90 Å². The Morgan fingerprint density at radius 2 is 2.06 bits per heavy atom. The van der Waals surface area contributed by atoms with Gasteiger partial charge in [0, 0.05) is 18.8 Å². The summed E-state index contributed by atoms with van der Waals surface area (Å²) in [6, 6.07) is 9.14. The average Bonchev–Trinajstić information content (AvgIpc) is 2.29. The smallest absolute Gasteiger partial charge is 0.321 e. The highest BCUT2D eigenvalue weighted by Crippen LogP contribution is 2.07. The maximum absolute atomic E-state index is 11.9. The lowest BCUT2D eigenvalue weighted by atomic mass is 10.3. The van der Waals surface area contributed by atoms with Crippen LogP contribution >= 0.6 is 0 Å². The third-order valence-electron chi connectivity index (χ3n) is 2.29. The van der Waals surface area contributed by atoms with Crippen LogP contribution in [-0.4, -0.2) is 35.2 Å². The van der Waals surface area contributed by atoms with Gasteiger partial charge < -0.3 is 15.3 Å². The van der Waals surface area contributed by atoms with Crippen molar-refractivity contribution in [3.05, 3.63) is 30.3 Å². The standard InChI is InChI=1S/C13H20N2O2/c1-3-9-15(10-11(2)16)13(17)14-12-7-5-4-6-8-12/h4-8,11,16H,3,9-10H2,1-2H3,(H,14,17)/t11-/m1/s1. The number of nitrogens with one attached hydrogen (secondary N) is 1. The van der Waals surface area contributed by atoms with Gasteiger partial charge in [-0.15, -0.1) is 0 Å². The summed E-state index contributed by atoms with van der Waals surface area (Å²) in [5.74, 6) is 0. The van der Waals surface area contributed by atoms with Crippen molar-refractivity contribution in [1.29, 1.82) is 0 Å². The molecule has 2 amide bonds. The van der Waals surface area contributed by atoms with E-state index in [1.807, 2.05) is 37.3 Å². The Morgan fingerprint density at radius 1 is 1.41 bits per heavy atom. The molecule has 0 aliphatic heterocycles.